The Kier molecular flexibility index (Phi) is 4.68. The van der Waals surface area contributed by atoms with Gasteiger partial charge in [0.15, 0.2) is 5.78 Å². The number of aromatic amines is 1. The molecule has 0 saturated heterocycles. The van der Waals surface area contributed by atoms with E-state index in [4.69, 9.17) is 4.42 Å². The second-order valence-electron chi connectivity index (χ2n) is 5.09. The maximum Gasteiger partial charge on any atom is 0.277 e. The fourth-order valence-electron chi connectivity index (χ4n) is 2.22. The summed E-state index contributed by atoms with van der Waals surface area (Å²) in [6.07, 6.45) is 0. The number of thioether (sulfide) groups is 1. The number of hydrogen-bond acceptors (Lipinski definition) is 5. The molecule has 118 valence electrons. The smallest absolute Gasteiger partial charge is 0.277 e. The number of aromatic nitrogens is 3. The van der Waals surface area contributed by atoms with Crippen molar-refractivity contribution in [1.82, 2.24) is 15.2 Å². The summed E-state index contributed by atoms with van der Waals surface area (Å²) in [5.74, 6) is 0.743. The number of aryl methyl sites for hydroxylation is 2. The van der Waals surface area contributed by atoms with Gasteiger partial charge in [-0.25, -0.2) is 0 Å². The van der Waals surface area contributed by atoms with Crippen LogP contribution in [0.5, 0.6) is 0 Å². The largest absolute Gasteiger partial charge is 0.411 e. The van der Waals surface area contributed by atoms with E-state index in [2.05, 4.69) is 31.1 Å². The molecule has 0 aliphatic heterocycles. The van der Waals surface area contributed by atoms with Crippen molar-refractivity contribution in [2.75, 3.05) is 5.75 Å². The third-order valence-electron chi connectivity index (χ3n) is 3.25. The van der Waals surface area contributed by atoms with Crippen LogP contribution in [0.2, 0.25) is 0 Å². The number of carbonyl (C=O) groups is 1. The topological polar surface area (TPSA) is 71.8 Å². The van der Waals surface area contributed by atoms with E-state index in [-0.39, 0.29) is 11.5 Å². The molecule has 2 heterocycles. The Labute approximate surface area is 146 Å². The molecule has 5 nitrogen and oxygen atoms in total. The van der Waals surface area contributed by atoms with Crippen LogP contribution in [0.15, 0.2) is 44.4 Å². The molecule has 0 unspecified atom stereocenters. The van der Waals surface area contributed by atoms with E-state index in [1.165, 1.54) is 11.8 Å². The van der Waals surface area contributed by atoms with E-state index in [1.807, 2.05) is 44.2 Å². The van der Waals surface area contributed by atoms with Crippen molar-refractivity contribution in [3.8, 4) is 11.5 Å². The van der Waals surface area contributed by atoms with E-state index < -0.39 is 0 Å². The Balaban J connectivity index is 1.68. The van der Waals surface area contributed by atoms with Crippen LogP contribution in [-0.4, -0.2) is 26.7 Å². The number of Topliss-reactive ketones (excluding diaryl/α,β-unsaturated/α-hetero) is 1. The standard InChI is InChI=1S/C16H14BrN3O2S/c1-9-6-13(10(2)18-9)14(21)8-23-16-20-19-15(22-16)11-4-3-5-12(17)7-11/h3-7,18H,8H2,1-2H3. The van der Waals surface area contributed by atoms with Gasteiger partial charge < -0.3 is 9.40 Å². The van der Waals surface area contributed by atoms with Gasteiger partial charge in [0.1, 0.15) is 0 Å². The first-order valence-corrected chi connectivity index (χ1v) is 8.72. The van der Waals surface area contributed by atoms with E-state index in [0.29, 0.717) is 16.7 Å². The summed E-state index contributed by atoms with van der Waals surface area (Å²) < 4.78 is 6.55. The van der Waals surface area contributed by atoms with Crippen molar-refractivity contribution in [2.24, 2.45) is 0 Å². The highest BCUT2D eigenvalue weighted by atomic mass is 79.9. The number of rotatable bonds is 5. The highest BCUT2D eigenvalue weighted by molar-refractivity contribution is 9.10. The second-order valence-corrected chi connectivity index (χ2v) is 6.93. The van der Waals surface area contributed by atoms with Crippen LogP contribution in [0.25, 0.3) is 11.5 Å². The first-order valence-electron chi connectivity index (χ1n) is 6.94. The Morgan fingerprint density at radius 2 is 2.13 bits per heavy atom. The van der Waals surface area contributed by atoms with Gasteiger partial charge in [-0.05, 0) is 38.1 Å². The van der Waals surface area contributed by atoms with Gasteiger partial charge in [-0.2, -0.15) is 0 Å². The lowest BCUT2D eigenvalue weighted by Gasteiger charge is -1.97. The number of ketones is 1. The quantitative estimate of drug-likeness (QED) is 0.514. The van der Waals surface area contributed by atoms with Crippen LogP contribution in [-0.2, 0) is 0 Å². The molecule has 0 bridgehead atoms. The van der Waals surface area contributed by atoms with Crippen LogP contribution in [0.1, 0.15) is 21.7 Å². The zero-order chi connectivity index (χ0) is 16.4. The van der Waals surface area contributed by atoms with Crippen LogP contribution in [0.3, 0.4) is 0 Å². The molecule has 3 rings (SSSR count). The fraction of sp³-hybridized carbons (Fsp3) is 0.188. The highest BCUT2D eigenvalue weighted by Crippen LogP contribution is 2.26. The molecule has 3 aromatic rings. The Hall–Kier alpha value is -1.86. The number of benzene rings is 1. The predicted octanol–water partition coefficient (Wildman–Crippen LogP) is 4.42. The Bertz CT molecular complexity index is 857. The summed E-state index contributed by atoms with van der Waals surface area (Å²) in [6, 6.07) is 9.48. The molecule has 0 fully saturated rings. The molecule has 0 amide bonds. The van der Waals surface area contributed by atoms with Crippen LogP contribution < -0.4 is 0 Å². The zero-order valence-corrected chi connectivity index (χ0v) is 15.0. The highest BCUT2D eigenvalue weighted by Gasteiger charge is 2.15. The van der Waals surface area contributed by atoms with Gasteiger partial charge in [0.05, 0.1) is 5.75 Å². The summed E-state index contributed by atoms with van der Waals surface area (Å²) in [7, 11) is 0. The minimum absolute atomic E-state index is 0.0408. The molecule has 7 heteroatoms. The van der Waals surface area contributed by atoms with Crippen molar-refractivity contribution in [3.05, 3.63) is 51.8 Å². The number of hydrogen-bond donors (Lipinski definition) is 1. The average Bonchev–Trinajstić information content (AvgIpc) is 3.11. The summed E-state index contributed by atoms with van der Waals surface area (Å²) in [5, 5.41) is 8.40. The SMILES string of the molecule is Cc1cc(C(=O)CSc2nnc(-c3cccc(Br)c3)o2)c(C)[nH]1. The first kappa shape index (κ1) is 16.0. The monoisotopic (exact) mass is 391 g/mol. The predicted molar refractivity (Wildman–Crippen MR) is 92.8 cm³/mol. The third-order valence-corrected chi connectivity index (χ3v) is 4.57. The van der Waals surface area contributed by atoms with Crippen LogP contribution >= 0.6 is 27.7 Å². The van der Waals surface area contributed by atoms with Crippen LogP contribution in [0.4, 0.5) is 0 Å². The zero-order valence-electron chi connectivity index (χ0n) is 12.6. The summed E-state index contributed by atoms with van der Waals surface area (Å²) in [5.41, 5.74) is 3.41. The molecule has 0 atom stereocenters. The van der Waals surface area contributed by atoms with Crippen LogP contribution in [0, 0.1) is 13.8 Å². The molecule has 0 spiro atoms. The van der Waals surface area contributed by atoms with E-state index in [0.717, 1.165) is 21.4 Å². The minimum atomic E-state index is 0.0408. The number of halogens is 1. The maximum absolute atomic E-state index is 12.2. The van der Waals surface area contributed by atoms with Gasteiger partial charge in [-0.1, -0.05) is 33.8 Å². The maximum atomic E-state index is 12.2. The molecule has 2 aromatic heterocycles. The first-order chi connectivity index (χ1) is 11.0. The fourth-order valence-corrected chi connectivity index (χ4v) is 3.27. The van der Waals surface area contributed by atoms with Gasteiger partial charge in [0, 0.05) is 27.0 Å². The van der Waals surface area contributed by atoms with Crippen molar-refractivity contribution in [1.29, 1.82) is 0 Å². The Morgan fingerprint density at radius 1 is 1.30 bits per heavy atom. The molecule has 23 heavy (non-hydrogen) atoms. The molecule has 1 aromatic carbocycles. The Morgan fingerprint density at radius 3 is 2.83 bits per heavy atom. The van der Waals surface area contributed by atoms with Gasteiger partial charge in [0.2, 0.25) is 5.89 Å². The number of H-pyrrole nitrogens is 1. The summed E-state index contributed by atoms with van der Waals surface area (Å²) in [4.78, 5) is 15.4. The van der Waals surface area contributed by atoms with Crippen molar-refractivity contribution >= 4 is 33.5 Å². The van der Waals surface area contributed by atoms with E-state index in [1.54, 1.807) is 0 Å². The molecule has 1 N–H and O–H groups in total. The van der Waals surface area contributed by atoms with Gasteiger partial charge in [-0.3, -0.25) is 4.79 Å². The molecule has 0 radical (unpaired) electrons. The average molecular weight is 392 g/mol. The lowest BCUT2D eigenvalue weighted by Crippen LogP contribution is -2.02. The number of nitrogens with zero attached hydrogens (tertiary/aromatic N) is 2. The minimum Gasteiger partial charge on any atom is -0.411 e. The molecular weight excluding hydrogens is 378 g/mol. The summed E-state index contributed by atoms with van der Waals surface area (Å²) in [6.45, 7) is 3.82. The van der Waals surface area contributed by atoms with Crippen molar-refractivity contribution in [2.45, 2.75) is 19.1 Å². The molecule has 0 saturated carbocycles. The van der Waals surface area contributed by atoms with Gasteiger partial charge in [0.25, 0.3) is 5.22 Å². The van der Waals surface area contributed by atoms with Crippen molar-refractivity contribution in [3.63, 3.8) is 0 Å². The van der Waals surface area contributed by atoms with E-state index in [9.17, 15) is 4.79 Å². The second kappa shape index (κ2) is 6.72. The van der Waals surface area contributed by atoms with Gasteiger partial charge in [-0.15, -0.1) is 10.2 Å². The lowest BCUT2D eigenvalue weighted by atomic mass is 10.2. The molecule has 0 aliphatic carbocycles. The van der Waals surface area contributed by atoms with E-state index >= 15 is 0 Å². The normalized spacial score (nSPS) is 10.9. The summed E-state index contributed by atoms with van der Waals surface area (Å²) >= 11 is 4.65. The molecule has 0 aliphatic rings. The molecular formula is C16H14BrN3O2S. The third kappa shape index (κ3) is 3.73. The van der Waals surface area contributed by atoms with Gasteiger partial charge >= 0.3 is 0 Å². The lowest BCUT2D eigenvalue weighted by molar-refractivity contribution is 0.102. The van der Waals surface area contributed by atoms with Crippen molar-refractivity contribution < 1.29 is 9.21 Å². The number of carbonyl (C=O) groups excluding carboxylic acids is 1. The number of nitrogens with one attached hydrogen (secondary N) is 1.